The van der Waals surface area contributed by atoms with E-state index in [1.807, 2.05) is 6.20 Å². The number of hydrogen-bond donors (Lipinski definition) is 1. The molecule has 60 valence electrons. The van der Waals surface area contributed by atoms with Crippen molar-refractivity contribution in [3.05, 3.63) is 18.2 Å². The molecule has 1 aromatic rings. The monoisotopic (exact) mass is 152 g/mol. The Hall–Kier alpha value is -0.830. The molecule has 0 aromatic carbocycles. The summed E-state index contributed by atoms with van der Waals surface area (Å²) in [5.41, 5.74) is 0. The van der Waals surface area contributed by atoms with Crippen LogP contribution in [-0.2, 0) is 11.2 Å². The van der Waals surface area contributed by atoms with E-state index in [-0.39, 0.29) is 0 Å². The van der Waals surface area contributed by atoms with E-state index in [0.29, 0.717) is 6.10 Å². The van der Waals surface area contributed by atoms with Crippen LogP contribution in [0.25, 0.3) is 0 Å². The molecule has 2 rings (SSSR count). The zero-order valence-electron chi connectivity index (χ0n) is 6.42. The molecule has 0 spiro atoms. The smallest absolute Gasteiger partial charge is 0.108 e. The van der Waals surface area contributed by atoms with Crippen LogP contribution < -0.4 is 0 Å². The Morgan fingerprint density at radius 2 is 2.73 bits per heavy atom. The molecule has 1 unspecified atom stereocenters. The fourth-order valence-electron chi connectivity index (χ4n) is 1.43. The van der Waals surface area contributed by atoms with Gasteiger partial charge in [-0.3, -0.25) is 0 Å². The number of aromatic amines is 1. The van der Waals surface area contributed by atoms with Gasteiger partial charge in [0.25, 0.3) is 0 Å². The highest BCUT2D eigenvalue weighted by atomic mass is 16.5. The van der Waals surface area contributed by atoms with Gasteiger partial charge in [-0.1, -0.05) is 0 Å². The summed E-state index contributed by atoms with van der Waals surface area (Å²) in [5.74, 6) is 1.04. The molecule has 3 heteroatoms. The van der Waals surface area contributed by atoms with Gasteiger partial charge in [0, 0.05) is 25.4 Å². The summed E-state index contributed by atoms with van der Waals surface area (Å²) in [5, 5.41) is 0. The lowest BCUT2D eigenvalue weighted by molar-refractivity contribution is 0.110. The molecule has 1 aliphatic heterocycles. The van der Waals surface area contributed by atoms with Crippen molar-refractivity contribution in [3.8, 4) is 0 Å². The molecule has 1 atom stereocenters. The normalized spacial score (nSPS) is 24.2. The van der Waals surface area contributed by atoms with Gasteiger partial charge in [-0.25, -0.2) is 4.98 Å². The molecule has 1 aromatic heterocycles. The first-order valence-corrected chi connectivity index (χ1v) is 4.05. The van der Waals surface area contributed by atoms with Crippen LogP contribution in [0.15, 0.2) is 12.4 Å². The van der Waals surface area contributed by atoms with Crippen molar-refractivity contribution in [1.29, 1.82) is 0 Å². The van der Waals surface area contributed by atoms with Gasteiger partial charge >= 0.3 is 0 Å². The van der Waals surface area contributed by atoms with E-state index in [1.54, 1.807) is 6.20 Å². The van der Waals surface area contributed by atoms with E-state index >= 15 is 0 Å². The number of nitrogens with one attached hydrogen (secondary N) is 1. The number of ether oxygens (including phenoxy) is 1. The Morgan fingerprint density at radius 3 is 3.36 bits per heavy atom. The summed E-state index contributed by atoms with van der Waals surface area (Å²) in [6, 6.07) is 0. The number of hydrogen-bond acceptors (Lipinski definition) is 2. The maximum atomic E-state index is 5.47. The quantitative estimate of drug-likeness (QED) is 0.689. The number of imidazole rings is 1. The molecule has 2 heterocycles. The Labute approximate surface area is 65.8 Å². The highest BCUT2D eigenvalue weighted by Gasteiger charge is 2.16. The van der Waals surface area contributed by atoms with Crippen molar-refractivity contribution in [2.24, 2.45) is 0 Å². The third kappa shape index (κ3) is 1.60. The molecule has 1 aliphatic rings. The summed E-state index contributed by atoms with van der Waals surface area (Å²) < 4.78 is 5.47. The molecular weight excluding hydrogens is 140 g/mol. The van der Waals surface area contributed by atoms with E-state index in [9.17, 15) is 0 Å². The Bertz CT molecular complexity index is 202. The van der Waals surface area contributed by atoms with E-state index in [4.69, 9.17) is 4.74 Å². The zero-order chi connectivity index (χ0) is 7.52. The van der Waals surface area contributed by atoms with Crippen LogP contribution in [-0.4, -0.2) is 22.7 Å². The van der Waals surface area contributed by atoms with Crippen LogP contribution in [0.4, 0.5) is 0 Å². The first-order valence-electron chi connectivity index (χ1n) is 4.05. The number of nitrogens with zero attached hydrogens (tertiary/aromatic N) is 1. The molecule has 0 radical (unpaired) electrons. The van der Waals surface area contributed by atoms with Crippen LogP contribution in [0.3, 0.4) is 0 Å². The zero-order valence-corrected chi connectivity index (χ0v) is 6.42. The molecule has 1 N–H and O–H groups in total. The molecule has 11 heavy (non-hydrogen) atoms. The molecule has 0 saturated carbocycles. The van der Waals surface area contributed by atoms with Gasteiger partial charge < -0.3 is 9.72 Å². The van der Waals surface area contributed by atoms with Crippen molar-refractivity contribution in [2.75, 3.05) is 6.61 Å². The van der Waals surface area contributed by atoms with Gasteiger partial charge in [-0.15, -0.1) is 0 Å². The van der Waals surface area contributed by atoms with Crippen LogP contribution in [0, 0.1) is 0 Å². The Morgan fingerprint density at radius 1 is 1.73 bits per heavy atom. The first-order chi connectivity index (χ1) is 5.45. The average molecular weight is 152 g/mol. The maximum absolute atomic E-state index is 5.47. The largest absolute Gasteiger partial charge is 0.378 e. The van der Waals surface area contributed by atoms with Crippen LogP contribution in [0.1, 0.15) is 18.7 Å². The summed E-state index contributed by atoms with van der Waals surface area (Å²) in [6.07, 6.45) is 7.36. The Balaban J connectivity index is 1.90. The lowest BCUT2D eigenvalue weighted by Gasteiger charge is -2.05. The Kier molecular flexibility index (Phi) is 1.90. The van der Waals surface area contributed by atoms with E-state index in [1.165, 1.54) is 12.8 Å². The number of aromatic nitrogens is 2. The number of H-pyrrole nitrogens is 1. The van der Waals surface area contributed by atoms with Crippen LogP contribution in [0.5, 0.6) is 0 Å². The lowest BCUT2D eigenvalue weighted by atomic mass is 10.2. The fourth-order valence-corrected chi connectivity index (χ4v) is 1.43. The van der Waals surface area contributed by atoms with Crippen molar-refractivity contribution < 1.29 is 4.74 Å². The average Bonchev–Trinajstić information content (AvgIpc) is 2.60. The molecule has 1 saturated heterocycles. The highest BCUT2D eigenvalue weighted by Crippen LogP contribution is 2.14. The summed E-state index contributed by atoms with van der Waals surface area (Å²) in [6.45, 7) is 0.922. The van der Waals surface area contributed by atoms with E-state index in [2.05, 4.69) is 9.97 Å². The molecular formula is C8H12N2O. The van der Waals surface area contributed by atoms with Crippen molar-refractivity contribution in [3.63, 3.8) is 0 Å². The minimum atomic E-state index is 0.404. The van der Waals surface area contributed by atoms with Gasteiger partial charge in [-0.05, 0) is 12.8 Å². The topological polar surface area (TPSA) is 37.9 Å². The predicted octanol–water partition coefficient (Wildman–Crippen LogP) is 1.13. The van der Waals surface area contributed by atoms with E-state index < -0.39 is 0 Å². The first kappa shape index (κ1) is 6.85. The lowest BCUT2D eigenvalue weighted by Crippen LogP contribution is -2.09. The molecule has 0 aliphatic carbocycles. The molecule has 1 fully saturated rings. The fraction of sp³-hybridized carbons (Fsp3) is 0.625. The minimum Gasteiger partial charge on any atom is -0.378 e. The second kappa shape index (κ2) is 3.05. The van der Waals surface area contributed by atoms with Crippen LogP contribution in [0.2, 0.25) is 0 Å². The van der Waals surface area contributed by atoms with Gasteiger partial charge in [-0.2, -0.15) is 0 Å². The minimum absolute atomic E-state index is 0.404. The van der Waals surface area contributed by atoms with Gasteiger partial charge in [0.05, 0.1) is 6.10 Å². The molecule has 0 bridgehead atoms. The summed E-state index contributed by atoms with van der Waals surface area (Å²) >= 11 is 0. The highest BCUT2D eigenvalue weighted by molar-refractivity contribution is 4.90. The maximum Gasteiger partial charge on any atom is 0.108 e. The molecule has 0 amide bonds. The third-order valence-corrected chi connectivity index (χ3v) is 2.00. The van der Waals surface area contributed by atoms with Crippen molar-refractivity contribution >= 4 is 0 Å². The summed E-state index contributed by atoms with van der Waals surface area (Å²) in [7, 11) is 0. The standard InChI is InChI=1S/C8H12N2O/c1-2-7(11-5-1)6-8-9-3-4-10-8/h3-4,7H,1-2,5-6H2,(H,9,10). The van der Waals surface area contributed by atoms with Gasteiger partial charge in [0.15, 0.2) is 0 Å². The number of rotatable bonds is 2. The summed E-state index contributed by atoms with van der Waals surface area (Å²) in [4.78, 5) is 7.22. The van der Waals surface area contributed by atoms with Crippen LogP contribution >= 0.6 is 0 Å². The van der Waals surface area contributed by atoms with Gasteiger partial charge in [0.2, 0.25) is 0 Å². The second-order valence-corrected chi connectivity index (χ2v) is 2.88. The van der Waals surface area contributed by atoms with Crippen molar-refractivity contribution in [2.45, 2.75) is 25.4 Å². The SMILES string of the molecule is c1c[nH]c(CC2CCCO2)n1. The van der Waals surface area contributed by atoms with Crippen molar-refractivity contribution in [1.82, 2.24) is 9.97 Å². The molecule has 3 nitrogen and oxygen atoms in total. The van der Waals surface area contributed by atoms with Gasteiger partial charge in [0.1, 0.15) is 5.82 Å². The predicted molar refractivity (Wildman–Crippen MR) is 41.3 cm³/mol. The second-order valence-electron chi connectivity index (χ2n) is 2.88. The third-order valence-electron chi connectivity index (χ3n) is 2.00. The van der Waals surface area contributed by atoms with E-state index in [0.717, 1.165) is 18.9 Å².